The molecule has 1 saturated heterocycles. The molecule has 0 aliphatic carbocycles. The van der Waals surface area contributed by atoms with Crippen molar-refractivity contribution in [1.82, 2.24) is 14.8 Å². The Morgan fingerprint density at radius 3 is 2.72 bits per heavy atom. The smallest absolute Gasteiger partial charge is 0.250 e. The van der Waals surface area contributed by atoms with Gasteiger partial charge >= 0.3 is 0 Å². The van der Waals surface area contributed by atoms with Gasteiger partial charge in [-0.05, 0) is 24.3 Å². The minimum Gasteiger partial charge on any atom is -0.344 e. The van der Waals surface area contributed by atoms with E-state index in [1.807, 2.05) is 29.4 Å². The summed E-state index contributed by atoms with van der Waals surface area (Å²) in [5, 5.41) is 2.84. The van der Waals surface area contributed by atoms with Gasteiger partial charge in [0.15, 0.2) is 0 Å². The van der Waals surface area contributed by atoms with E-state index >= 15 is 0 Å². The molecule has 3 heterocycles. The van der Waals surface area contributed by atoms with Crippen molar-refractivity contribution in [3.63, 3.8) is 0 Å². The van der Waals surface area contributed by atoms with Gasteiger partial charge in [-0.1, -0.05) is 26.3 Å². The lowest BCUT2D eigenvalue weighted by Crippen LogP contribution is -2.56. The van der Waals surface area contributed by atoms with Gasteiger partial charge in [-0.2, -0.15) is 0 Å². The second-order valence-electron chi connectivity index (χ2n) is 7.51. The van der Waals surface area contributed by atoms with Crippen molar-refractivity contribution in [1.29, 1.82) is 0 Å². The fourth-order valence-electron chi connectivity index (χ4n) is 4.18. The SMILES string of the molecule is CC[C@@H](C)[C@H](NC(C)=O)C(=O)N1C[C@@H]2C[C@H](C1)c1cccc(=O)n1C2. The Morgan fingerprint density at radius 1 is 1.28 bits per heavy atom. The van der Waals surface area contributed by atoms with Crippen molar-refractivity contribution < 1.29 is 9.59 Å². The number of hydrogen-bond acceptors (Lipinski definition) is 3. The van der Waals surface area contributed by atoms with Crippen molar-refractivity contribution in [2.45, 2.75) is 52.1 Å². The van der Waals surface area contributed by atoms with E-state index in [0.717, 1.165) is 18.5 Å². The van der Waals surface area contributed by atoms with Gasteiger partial charge in [0.2, 0.25) is 11.8 Å². The Bertz CT molecular complexity index is 727. The number of pyridine rings is 1. The highest BCUT2D eigenvalue weighted by molar-refractivity contribution is 5.87. The molecule has 3 rings (SSSR count). The summed E-state index contributed by atoms with van der Waals surface area (Å²) in [6.45, 7) is 7.42. The van der Waals surface area contributed by atoms with Crippen LogP contribution in [0, 0.1) is 11.8 Å². The molecule has 6 heteroatoms. The maximum absolute atomic E-state index is 13.1. The maximum Gasteiger partial charge on any atom is 0.250 e. The van der Waals surface area contributed by atoms with Crippen molar-refractivity contribution >= 4 is 11.8 Å². The highest BCUT2D eigenvalue weighted by atomic mass is 16.2. The van der Waals surface area contributed by atoms with E-state index in [-0.39, 0.29) is 29.2 Å². The summed E-state index contributed by atoms with van der Waals surface area (Å²) < 4.78 is 1.86. The van der Waals surface area contributed by atoms with E-state index < -0.39 is 6.04 Å². The first-order chi connectivity index (χ1) is 11.9. The number of amides is 2. The molecule has 2 bridgehead atoms. The molecule has 0 spiro atoms. The number of carbonyl (C=O) groups excluding carboxylic acids is 2. The molecule has 6 nitrogen and oxygen atoms in total. The van der Waals surface area contributed by atoms with Crippen molar-refractivity contribution in [3.05, 3.63) is 34.2 Å². The molecular formula is C19H27N3O3. The fraction of sp³-hybridized carbons (Fsp3) is 0.632. The van der Waals surface area contributed by atoms with Crippen molar-refractivity contribution in [3.8, 4) is 0 Å². The molecule has 136 valence electrons. The number of fused-ring (bicyclic) bond motifs is 4. The summed E-state index contributed by atoms with van der Waals surface area (Å²) in [6, 6.07) is 4.92. The van der Waals surface area contributed by atoms with Crippen LogP contribution in [0.4, 0.5) is 0 Å². The quantitative estimate of drug-likeness (QED) is 0.895. The molecule has 0 aromatic carbocycles. The molecular weight excluding hydrogens is 318 g/mol. The molecule has 2 amide bonds. The van der Waals surface area contributed by atoms with Crippen molar-refractivity contribution in [2.24, 2.45) is 11.8 Å². The standard InChI is InChI=1S/C19H27N3O3/c1-4-12(2)18(20-13(3)23)19(25)21-9-14-8-15(11-21)16-6-5-7-17(24)22(16)10-14/h5-7,12,14-15,18H,4,8-11H2,1-3H3,(H,20,23)/t12-,14+,15-,18+/m1/s1. The van der Waals surface area contributed by atoms with E-state index in [1.54, 1.807) is 12.1 Å². The molecule has 1 aromatic heterocycles. The van der Waals surface area contributed by atoms with E-state index in [9.17, 15) is 14.4 Å². The van der Waals surface area contributed by atoms with Crippen molar-refractivity contribution in [2.75, 3.05) is 13.1 Å². The van der Waals surface area contributed by atoms with Gasteiger partial charge in [-0.25, -0.2) is 0 Å². The molecule has 2 aliphatic rings. The first-order valence-corrected chi connectivity index (χ1v) is 9.16. The average molecular weight is 345 g/mol. The third-order valence-corrected chi connectivity index (χ3v) is 5.63. The van der Waals surface area contributed by atoms with Gasteiger partial charge in [-0.15, -0.1) is 0 Å². The minimum absolute atomic E-state index is 0.00554. The van der Waals surface area contributed by atoms with Crippen LogP contribution < -0.4 is 10.9 Å². The lowest BCUT2D eigenvalue weighted by Gasteiger charge is -2.44. The van der Waals surface area contributed by atoms with Gasteiger partial charge in [0.05, 0.1) is 0 Å². The van der Waals surface area contributed by atoms with Gasteiger partial charge in [-0.3, -0.25) is 14.4 Å². The normalized spacial score (nSPS) is 24.2. The Labute approximate surface area is 148 Å². The molecule has 2 aliphatic heterocycles. The first kappa shape index (κ1) is 17.7. The van der Waals surface area contributed by atoms with Crippen LogP contribution in [0.5, 0.6) is 0 Å². The summed E-state index contributed by atoms with van der Waals surface area (Å²) in [7, 11) is 0. The number of carbonyl (C=O) groups is 2. The molecule has 1 aromatic rings. The van der Waals surface area contributed by atoms with E-state index in [4.69, 9.17) is 0 Å². The van der Waals surface area contributed by atoms with Crippen LogP contribution in [0.1, 0.15) is 45.2 Å². The van der Waals surface area contributed by atoms with Gasteiger partial charge in [0, 0.05) is 44.2 Å². The molecule has 1 N–H and O–H groups in total. The predicted octanol–water partition coefficient (Wildman–Crippen LogP) is 1.34. The predicted molar refractivity (Wildman–Crippen MR) is 95.2 cm³/mol. The van der Waals surface area contributed by atoms with Gasteiger partial charge < -0.3 is 14.8 Å². The van der Waals surface area contributed by atoms with Crippen LogP contribution in [0.25, 0.3) is 0 Å². The van der Waals surface area contributed by atoms with Crippen LogP contribution >= 0.6 is 0 Å². The fourth-order valence-corrected chi connectivity index (χ4v) is 4.18. The largest absolute Gasteiger partial charge is 0.344 e. The van der Waals surface area contributed by atoms with Crippen LogP contribution in [0.2, 0.25) is 0 Å². The van der Waals surface area contributed by atoms with E-state index in [1.165, 1.54) is 6.92 Å². The second kappa shape index (κ2) is 7.02. The summed E-state index contributed by atoms with van der Waals surface area (Å²) in [5.41, 5.74) is 1.07. The van der Waals surface area contributed by atoms with Crippen LogP contribution in [0.3, 0.4) is 0 Å². The van der Waals surface area contributed by atoms with Crippen LogP contribution in [-0.2, 0) is 16.1 Å². The summed E-state index contributed by atoms with van der Waals surface area (Å²) in [6.07, 6.45) is 1.84. The summed E-state index contributed by atoms with van der Waals surface area (Å²) >= 11 is 0. The Hall–Kier alpha value is -2.11. The second-order valence-corrected chi connectivity index (χ2v) is 7.51. The molecule has 0 radical (unpaired) electrons. The average Bonchev–Trinajstić information content (AvgIpc) is 2.59. The van der Waals surface area contributed by atoms with E-state index in [2.05, 4.69) is 5.32 Å². The highest BCUT2D eigenvalue weighted by Crippen LogP contribution is 2.35. The Balaban J connectivity index is 1.82. The van der Waals surface area contributed by atoms with Gasteiger partial charge in [0.25, 0.3) is 5.56 Å². The van der Waals surface area contributed by atoms with E-state index in [0.29, 0.717) is 25.6 Å². The Morgan fingerprint density at radius 2 is 2.04 bits per heavy atom. The zero-order chi connectivity index (χ0) is 18.1. The molecule has 1 fully saturated rings. The summed E-state index contributed by atoms with van der Waals surface area (Å²) in [4.78, 5) is 38.6. The topological polar surface area (TPSA) is 71.4 Å². The molecule has 0 unspecified atom stereocenters. The molecule has 0 saturated carbocycles. The monoisotopic (exact) mass is 345 g/mol. The molecule has 25 heavy (non-hydrogen) atoms. The zero-order valence-electron chi connectivity index (χ0n) is 15.2. The van der Waals surface area contributed by atoms with Crippen LogP contribution in [-0.4, -0.2) is 40.4 Å². The number of likely N-dealkylation sites (tertiary alicyclic amines) is 1. The first-order valence-electron chi connectivity index (χ1n) is 9.16. The maximum atomic E-state index is 13.1. The van der Waals surface area contributed by atoms with Crippen LogP contribution in [0.15, 0.2) is 23.0 Å². The summed E-state index contributed by atoms with van der Waals surface area (Å²) in [5.74, 6) is 0.414. The number of hydrogen-bond donors (Lipinski definition) is 1. The van der Waals surface area contributed by atoms with Gasteiger partial charge in [0.1, 0.15) is 6.04 Å². The molecule has 4 atom stereocenters. The highest BCUT2D eigenvalue weighted by Gasteiger charge is 2.39. The third-order valence-electron chi connectivity index (χ3n) is 5.63. The third kappa shape index (κ3) is 3.48. The lowest BCUT2D eigenvalue weighted by atomic mass is 9.82. The zero-order valence-corrected chi connectivity index (χ0v) is 15.2. The minimum atomic E-state index is -0.473. The number of rotatable bonds is 4. The Kier molecular flexibility index (Phi) is 4.97. The number of nitrogens with one attached hydrogen (secondary N) is 1. The lowest BCUT2D eigenvalue weighted by molar-refractivity contribution is -0.140. The number of aromatic nitrogens is 1. The number of piperidine rings is 1. The number of nitrogens with zero attached hydrogens (tertiary/aromatic N) is 2.